The Morgan fingerprint density at radius 1 is 0.417 bits per heavy atom. The number of carbonyl (C=O) groups excluding carboxylic acids is 2. The summed E-state index contributed by atoms with van der Waals surface area (Å²) in [6.07, 6.45) is 62.7. The maximum atomic E-state index is 12.9. The number of hydrogen-bond acceptors (Lipinski definition) is 7. The molecule has 0 amide bonds. The molecule has 0 spiro atoms. The fourth-order valence-electron chi connectivity index (χ4n) is 9.16. The van der Waals surface area contributed by atoms with Gasteiger partial charge in [0.2, 0.25) is 0 Å². The van der Waals surface area contributed by atoms with E-state index in [1.54, 1.807) is 0 Å². The molecule has 0 aromatic carbocycles. The largest absolute Gasteiger partial charge is 0.477 e. The number of ether oxygens (including phenoxy) is 4. The molecule has 0 saturated carbocycles. The fraction of sp³-hybridized carbons (Fsp3) is 0.889. The Hall–Kier alpha value is -2.23. The van der Waals surface area contributed by atoms with Gasteiger partial charge in [-0.3, -0.25) is 9.59 Å². The lowest BCUT2D eigenvalue weighted by molar-refractivity contribution is -0.870. The molecule has 0 radical (unpaired) electrons. The monoisotopic (exact) mass is 1020 g/mol. The number of unbranched alkanes of at least 4 members (excludes halogenated alkanes) is 39. The van der Waals surface area contributed by atoms with Crippen LogP contribution in [-0.2, 0) is 33.3 Å². The summed E-state index contributed by atoms with van der Waals surface area (Å²) in [7, 11) is 5.98. The Bertz CT molecular complexity index is 1230. The predicted molar refractivity (Wildman–Crippen MR) is 304 cm³/mol. The quantitative estimate of drug-likeness (QED) is 0.0211. The van der Waals surface area contributed by atoms with Crippen LogP contribution in [0.15, 0.2) is 24.3 Å². The molecule has 0 aliphatic carbocycles. The number of esters is 2. The van der Waals surface area contributed by atoms with Crippen molar-refractivity contribution in [3.05, 3.63) is 24.3 Å². The number of carboxylic acids is 1. The Labute approximate surface area is 446 Å². The van der Waals surface area contributed by atoms with E-state index in [0.29, 0.717) is 17.4 Å². The van der Waals surface area contributed by atoms with Gasteiger partial charge in [0.15, 0.2) is 6.10 Å². The van der Waals surface area contributed by atoms with E-state index in [-0.39, 0.29) is 32.2 Å². The van der Waals surface area contributed by atoms with Gasteiger partial charge in [-0.25, -0.2) is 4.79 Å². The van der Waals surface area contributed by atoms with Gasteiger partial charge < -0.3 is 28.5 Å². The SMILES string of the molecule is CCCCC/C=C\C/C=C\CCCCCCCCCCCC(=O)OC(COC(=O)CCCCCCCCCCCCCCCCCCCCCCCCCCCCCC)COC(OCC[N+](C)(C)C)C(=O)O. The lowest BCUT2D eigenvalue weighted by Gasteiger charge is -2.25. The average molecular weight is 1020 g/mol. The molecule has 9 nitrogen and oxygen atoms in total. The third-order valence-electron chi connectivity index (χ3n) is 14.0. The molecule has 0 aliphatic heterocycles. The summed E-state index contributed by atoms with van der Waals surface area (Å²) < 4.78 is 22.9. The first-order valence-corrected chi connectivity index (χ1v) is 31.0. The van der Waals surface area contributed by atoms with Crippen molar-refractivity contribution in [2.75, 3.05) is 47.5 Å². The molecule has 0 heterocycles. The summed E-state index contributed by atoms with van der Waals surface area (Å²) in [5.41, 5.74) is 0. The lowest BCUT2D eigenvalue weighted by atomic mass is 10.0. The standard InChI is InChI=1S/C63H119NO8/c1-6-8-10-12-14-16-18-20-22-24-26-27-28-29-30-31-32-33-34-36-37-39-41-43-45-47-49-51-53-60(65)70-57-59(58-71-63(62(67)68)69-56-55-64(3,4)5)72-61(66)54-52-50-48-46-44-42-40-38-35-25-23-21-19-17-15-13-11-9-7-2/h15,17,21,23,59,63H,6-14,16,18-20,22,24-58H2,1-5H3/p+1/b17-15-,23-21-. The number of nitrogens with zero attached hydrogens (tertiary/aromatic N) is 1. The van der Waals surface area contributed by atoms with Gasteiger partial charge in [-0.05, 0) is 44.9 Å². The van der Waals surface area contributed by atoms with Crippen molar-refractivity contribution in [3.63, 3.8) is 0 Å². The first-order valence-electron chi connectivity index (χ1n) is 31.0. The minimum absolute atomic E-state index is 0.178. The predicted octanol–water partition coefficient (Wildman–Crippen LogP) is 18.3. The number of carboxylic acid groups (broad SMARTS) is 1. The van der Waals surface area contributed by atoms with E-state index in [9.17, 15) is 19.5 Å². The maximum Gasteiger partial charge on any atom is 0.361 e. The number of carbonyl (C=O) groups is 3. The second-order valence-corrected chi connectivity index (χ2v) is 22.4. The molecule has 0 aromatic rings. The zero-order valence-electron chi connectivity index (χ0n) is 48.4. The van der Waals surface area contributed by atoms with Gasteiger partial charge in [0.1, 0.15) is 13.2 Å². The summed E-state index contributed by atoms with van der Waals surface area (Å²) in [5.74, 6) is -1.99. The third-order valence-corrected chi connectivity index (χ3v) is 14.0. The molecule has 424 valence electrons. The van der Waals surface area contributed by atoms with E-state index in [4.69, 9.17) is 18.9 Å². The van der Waals surface area contributed by atoms with Gasteiger partial charge in [-0.2, -0.15) is 0 Å². The zero-order valence-corrected chi connectivity index (χ0v) is 48.4. The van der Waals surface area contributed by atoms with Crippen LogP contribution in [0.1, 0.15) is 303 Å². The molecule has 0 fully saturated rings. The summed E-state index contributed by atoms with van der Waals surface area (Å²) in [6.45, 7) is 4.90. The van der Waals surface area contributed by atoms with Crippen LogP contribution in [0.2, 0.25) is 0 Å². The molecule has 0 aromatic heterocycles. The normalized spacial score (nSPS) is 12.8. The van der Waals surface area contributed by atoms with E-state index < -0.39 is 24.3 Å². The lowest BCUT2D eigenvalue weighted by Crippen LogP contribution is -2.40. The Kier molecular flexibility index (Phi) is 53.3. The maximum absolute atomic E-state index is 12.9. The van der Waals surface area contributed by atoms with Crippen LogP contribution in [0.4, 0.5) is 0 Å². The smallest absolute Gasteiger partial charge is 0.361 e. The summed E-state index contributed by atoms with van der Waals surface area (Å²) in [5, 5.41) is 9.71. The number of hydrogen-bond donors (Lipinski definition) is 1. The van der Waals surface area contributed by atoms with Crippen molar-refractivity contribution in [2.24, 2.45) is 0 Å². The van der Waals surface area contributed by atoms with Gasteiger partial charge in [0.25, 0.3) is 6.29 Å². The van der Waals surface area contributed by atoms with Gasteiger partial charge in [-0.1, -0.05) is 269 Å². The number of quaternary nitrogens is 1. The van der Waals surface area contributed by atoms with Crippen molar-refractivity contribution in [1.82, 2.24) is 0 Å². The van der Waals surface area contributed by atoms with Crippen LogP contribution >= 0.6 is 0 Å². The van der Waals surface area contributed by atoms with Crippen LogP contribution < -0.4 is 0 Å². The first-order chi connectivity index (χ1) is 35.1. The highest BCUT2D eigenvalue weighted by atomic mass is 16.7. The second kappa shape index (κ2) is 55.0. The number of aliphatic carboxylic acids is 1. The number of allylic oxidation sites excluding steroid dienone is 4. The van der Waals surface area contributed by atoms with Crippen molar-refractivity contribution in [3.8, 4) is 0 Å². The molecule has 0 aliphatic rings. The minimum atomic E-state index is -1.51. The first kappa shape index (κ1) is 69.8. The minimum Gasteiger partial charge on any atom is -0.477 e. The van der Waals surface area contributed by atoms with Gasteiger partial charge >= 0.3 is 17.9 Å². The molecule has 2 atom stereocenters. The molecule has 0 rings (SSSR count). The van der Waals surface area contributed by atoms with E-state index in [1.807, 2.05) is 21.1 Å². The summed E-state index contributed by atoms with van der Waals surface area (Å²) in [6, 6.07) is 0. The van der Waals surface area contributed by atoms with Gasteiger partial charge in [0.05, 0.1) is 34.4 Å². The van der Waals surface area contributed by atoms with Crippen molar-refractivity contribution in [2.45, 2.75) is 315 Å². The van der Waals surface area contributed by atoms with Gasteiger partial charge in [0, 0.05) is 12.8 Å². The molecule has 72 heavy (non-hydrogen) atoms. The Morgan fingerprint density at radius 2 is 0.750 bits per heavy atom. The average Bonchev–Trinajstić information content (AvgIpc) is 3.35. The molecule has 0 bridgehead atoms. The molecule has 2 unspecified atom stereocenters. The van der Waals surface area contributed by atoms with Crippen LogP contribution in [0.25, 0.3) is 0 Å². The molecular weight excluding hydrogens is 899 g/mol. The molecule has 1 N–H and O–H groups in total. The van der Waals surface area contributed by atoms with Crippen molar-refractivity contribution < 1.29 is 42.9 Å². The van der Waals surface area contributed by atoms with E-state index in [2.05, 4.69) is 38.2 Å². The molecular formula is C63H120NO8+. The number of rotatable bonds is 58. The van der Waals surface area contributed by atoms with Crippen LogP contribution in [0.5, 0.6) is 0 Å². The third kappa shape index (κ3) is 55.5. The van der Waals surface area contributed by atoms with Crippen molar-refractivity contribution in [1.29, 1.82) is 0 Å². The zero-order chi connectivity index (χ0) is 52.7. The van der Waals surface area contributed by atoms with E-state index >= 15 is 0 Å². The van der Waals surface area contributed by atoms with E-state index in [0.717, 1.165) is 51.4 Å². The van der Waals surface area contributed by atoms with Crippen LogP contribution in [0, 0.1) is 0 Å². The van der Waals surface area contributed by atoms with Crippen LogP contribution in [0.3, 0.4) is 0 Å². The highest BCUT2D eigenvalue weighted by Gasteiger charge is 2.25. The Balaban J connectivity index is 4.12. The topological polar surface area (TPSA) is 108 Å². The Morgan fingerprint density at radius 3 is 1.12 bits per heavy atom. The fourth-order valence-corrected chi connectivity index (χ4v) is 9.16. The molecule has 9 heteroatoms. The van der Waals surface area contributed by atoms with Crippen molar-refractivity contribution >= 4 is 17.9 Å². The molecule has 0 saturated heterocycles. The highest BCUT2D eigenvalue weighted by Crippen LogP contribution is 2.18. The highest BCUT2D eigenvalue weighted by molar-refractivity contribution is 5.71. The van der Waals surface area contributed by atoms with Crippen LogP contribution in [-0.4, -0.2) is 87.4 Å². The summed E-state index contributed by atoms with van der Waals surface area (Å²) in [4.78, 5) is 37.5. The second-order valence-electron chi connectivity index (χ2n) is 22.4. The summed E-state index contributed by atoms with van der Waals surface area (Å²) >= 11 is 0. The van der Waals surface area contributed by atoms with Gasteiger partial charge in [-0.15, -0.1) is 0 Å². The number of likely N-dealkylation sites (N-methyl/N-ethyl adjacent to an activating group) is 1. The van der Waals surface area contributed by atoms with E-state index in [1.165, 1.54) is 225 Å².